The molecule has 96 valence electrons. The molecule has 5 heteroatoms. The molecule has 0 radical (unpaired) electrons. The van der Waals surface area contributed by atoms with Crippen LogP contribution in [0.5, 0.6) is 0 Å². The number of nitrogens with zero attached hydrogens (tertiary/aromatic N) is 2. The lowest BCUT2D eigenvalue weighted by atomic mass is 9.90. The molecule has 1 atom stereocenters. The van der Waals surface area contributed by atoms with Crippen LogP contribution in [0.15, 0.2) is 12.5 Å². The molecule has 17 heavy (non-hydrogen) atoms. The maximum Gasteiger partial charge on any atom is 0.271 e. The molecule has 0 fully saturated rings. The van der Waals surface area contributed by atoms with Gasteiger partial charge in [0.05, 0.1) is 11.7 Å². The van der Waals surface area contributed by atoms with Gasteiger partial charge < -0.3 is 9.88 Å². The fourth-order valence-corrected chi connectivity index (χ4v) is 2.10. The van der Waals surface area contributed by atoms with Gasteiger partial charge in [0.25, 0.3) is 5.91 Å². The zero-order valence-electron chi connectivity index (χ0n) is 10.8. The molecule has 1 rings (SSSR count). The van der Waals surface area contributed by atoms with Crippen LogP contribution in [0.4, 0.5) is 0 Å². The maximum absolute atomic E-state index is 11.7. The normalized spacial score (nSPS) is 13.5. The Labute approximate surface area is 107 Å². The van der Waals surface area contributed by atoms with E-state index >= 15 is 0 Å². The first kappa shape index (κ1) is 14.0. The Morgan fingerprint density at radius 2 is 2.24 bits per heavy atom. The lowest BCUT2D eigenvalue weighted by Gasteiger charge is -2.21. The molecule has 1 amide bonds. The molecule has 0 aliphatic heterocycles. The van der Waals surface area contributed by atoms with Gasteiger partial charge in [-0.3, -0.25) is 4.79 Å². The summed E-state index contributed by atoms with van der Waals surface area (Å²) in [5.74, 6) is -0.176. The first-order chi connectivity index (χ1) is 7.78. The maximum atomic E-state index is 11.7. The minimum atomic E-state index is -0.176. The van der Waals surface area contributed by atoms with Crippen LogP contribution in [0.2, 0.25) is 0 Å². The zero-order chi connectivity index (χ0) is 13.1. The molecular weight excluding hydrogens is 238 g/mol. The van der Waals surface area contributed by atoms with Crippen molar-refractivity contribution in [3.05, 3.63) is 18.2 Å². The Hall–Kier alpha value is -1.03. The fourth-order valence-electron chi connectivity index (χ4n) is 1.56. The van der Waals surface area contributed by atoms with Gasteiger partial charge in [0.1, 0.15) is 5.69 Å². The summed E-state index contributed by atoms with van der Waals surface area (Å²) in [6.45, 7) is 6.85. The van der Waals surface area contributed by atoms with E-state index in [-0.39, 0.29) is 16.7 Å². The van der Waals surface area contributed by atoms with Crippen LogP contribution in [0.25, 0.3) is 0 Å². The highest BCUT2D eigenvalue weighted by Crippen LogP contribution is 2.23. The molecule has 1 unspecified atom stereocenters. The van der Waals surface area contributed by atoms with Crippen LogP contribution < -0.4 is 5.32 Å². The number of imidazole rings is 1. The lowest BCUT2D eigenvalue weighted by molar-refractivity contribution is 0.0947. The first-order valence-electron chi connectivity index (χ1n) is 5.68. The van der Waals surface area contributed by atoms with E-state index in [0.717, 1.165) is 6.42 Å². The van der Waals surface area contributed by atoms with Crippen LogP contribution in [-0.4, -0.2) is 27.4 Å². The van der Waals surface area contributed by atoms with E-state index in [1.54, 1.807) is 17.1 Å². The van der Waals surface area contributed by atoms with Crippen molar-refractivity contribution >= 4 is 17.5 Å². The number of hydrogen-bond donors (Lipinski definition) is 1. The van der Waals surface area contributed by atoms with Crippen LogP contribution in [-0.2, 0) is 7.05 Å². The molecule has 1 aromatic heterocycles. The van der Waals surface area contributed by atoms with E-state index in [0.29, 0.717) is 12.2 Å². The Morgan fingerprint density at radius 1 is 1.59 bits per heavy atom. The molecule has 1 N–H and O–H groups in total. The average Bonchev–Trinajstić information content (AvgIpc) is 2.58. The average molecular weight is 258 g/mol. The number of aryl methyl sites for hydroxylation is 1. The SMILES string of the molecule is Cn1cnc(C(=O)NCC(Cl)CC(C)(C)C)c1. The summed E-state index contributed by atoms with van der Waals surface area (Å²) in [5.41, 5.74) is 0.592. The van der Waals surface area contributed by atoms with Gasteiger partial charge >= 0.3 is 0 Å². The predicted octanol–water partition coefficient (Wildman–Crippen LogP) is 2.19. The molecule has 0 bridgehead atoms. The zero-order valence-corrected chi connectivity index (χ0v) is 11.6. The molecule has 1 aromatic rings. The summed E-state index contributed by atoms with van der Waals surface area (Å²) in [6.07, 6.45) is 4.14. The van der Waals surface area contributed by atoms with Gasteiger partial charge in [-0.15, -0.1) is 11.6 Å². The van der Waals surface area contributed by atoms with Crippen LogP contribution in [0, 0.1) is 5.41 Å². The molecule has 0 aromatic carbocycles. The Bertz CT molecular complexity index is 381. The summed E-state index contributed by atoms with van der Waals surface area (Å²) in [6, 6.07) is 0. The molecular formula is C12H20ClN3O. The van der Waals surface area contributed by atoms with Crippen molar-refractivity contribution in [1.82, 2.24) is 14.9 Å². The number of alkyl halides is 1. The lowest BCUT2D eigenvalue weighted by Crippen LogP contribution is -2.31. The third-order valence-corrected chi connectivity index (χ3v) is 2.56. The topological polar surface area (TPSA) is 46.9 Å². The molecule has 0 aliphatic carbocycles. The Kier molecular flexibility index (Phi) is 4.57. The molecule has 0 spiro atoms. The second-order valence-corrected chi connectivity index (χ2v) is 6.11. The molecule has 0 saturated carbocycles. The Morgan fingerprint density at radius 3 is 2.71 bits per heavy atom. The van der Waals surface area contributed by atoms with Crippen molar-refractivity contribution in [3.63, 3.8) is 0 Å². The van der Waals surface area contributed by atoms with E-state index in [1.807, 2.05) is 7.05 Å². The van der Waals surface area contributed by atoms with Gasteiger partial charge in [0.2, 0.25) is 0 Å². The number of halogens is 1. The largest absolute Gasteiger partial charge is 0.349 e. The number of nitrogens with one attached hydrogen (secondary N) is 1. The van der Waals surface area contributed by atoms with Crippen molar-refractivity contribution in [2.45, 2.75) is 32.6 Å². The van der Waals surface area contributed by atoms with Gasteiger partial charge in [-0.2, -0.15) is 0 Å². The van der Waals surface area contributed by atoms with E-state index in [4.69, 9.17) is 11.6 Å². The monoisotopic (exact) mass is 257 g/mol. The van der Waals surface area contributed by atoms with E-state index in [9.17, 15) is 4.79 Å². The van der Waals surface area contributed by atoms with Crippen molar-refractivity contribution in [2.75, 3.05) is 6.54 Å². The molecule has 4 nitrogen and oxygen atoms in total. The highest BCUT2D eigenvalue weighted by Gasteiger charge is 2.18. The smallest absolute Gasteiger partial charge is 0.271 e. The van der Waals surface area contributed by atoms with Gasteiger partial charge in [-0.25, -0.2) is 4.98 Å². The summed E-state index contributed by atoms with van der Waals surface area (Å²) >= 11 is 6.16. The minimum Gasteiger partial charge on any atom is -0.349 e. The summed E-state index contributed by atoms with van der Waals surface area (Å²) < 4.78 is 1.74. The third-order valence-electron chi connectivity index (χ3n) is 2.26. The van der Waals surface area contributed by atoms with Crippen molar-refractivity contribution in [1.29, 1.82) is 0 Å². The number of hydrogen-bond acceptors (Lipinski definition) is 2. The number of carbonyl (C=O) groups excluding carboxylic acids is 1. The van der Waals surface area contributed by atoms with Gasteiger partial charge in [-0.1, -0.05) is 20.8 Å². The van der Waals surface area contributed by atoms with Gasteiger partial charge in [0, 0.05) is 19.8 Å². The standard InChI is InChI=1S/C12H20ClN3O/c1-12(2,3)5-9(13)6-14-11(17)10-7-16(4)8-15-10/h7-9H,5-6H2,1-4H3,(H,14,17). The second-order valence-electron chi connectivity index (χ2n) is 5.50. The predicted molar refractivity (Wildman–Crippen MR) is 69.3 cm³/mol. The van der Waals surface area contributed by atoms with Crippen LogP contribution >= 0.6 is 11.6 Å². The second kappa shape index (κ2) is 5.54. The van der Waals surface area contributed by atoms with Crippen molar-refractivity contribution in [2.24, 2.45) is 12.5 Å². The molecule has 1 heterocycles. The van der Waals surface area contributed by atoms with Crippen LogP contribution in [0.3, 0.4) is 0 Å². The molecule has 0 saturated heterocycles. The number of rotatable bonds is 4. The number of carbonyl (C=O) groups is 1. The number of aromatic nitrogens is 2. The van der Waals surface area contributed by atoms with E-state index in [1.165, 1.54) is 0 Å². The highest BCUT2D eigenvalue weighted by atomic mass is 35.5. The highest BCUT2D eigenvalue weighted by molar-refractivity contribution is 6.21. The summed E-state index contributed by atoms with van der Waals surface area (Å²) in [4.78, 5) is 15.7. The first-order valence-corrected chi connectivity index (χ1v) is 6.12. The minimum absolute atomic E-state index is 0.0531. The number of amides is 1. The van der Waals surface area contributed by atoms with Gasteiger partial charge in [0.15, 0.2) is 0 Å². The van der Waals surface area contributed by atoms with Gasteiger partial charge in [-0.05, 0) is 11.8 Å². The van der Waals surface area contributed by atoms with Crippen molar-refractivity contribution in [3.8, 4) is 0 Å². The summed E-state index contributed by atoms with van der Waals surface area (Å²) in [7, 11) is 1.83. The third kappa shape index (κ3) is 5.22. The quantitative estimate of drug-likeness (QED) is 0.841. The fraction of sp³-hybridized carbons (Fsp3) is 0.667. The van der Waals surface area contributed by atoms with Crippen LogP contribution in [0.1, 0.15) is 37.7 Å². The van der Waals surface area contributed by atoms with E-state index in [2.05, 4.69) is 31.1 Å². The Balaban J connectivity index is 2.38. The van der Waals surface area contributed by atoms with Crippen molar-refractivity contribution < 1.29 is 4.79 Å². The molecule has 0 aliphatic rings. The summed E-state index contributed by atoms with van der Waals surface area (Å²) in [5, 5.41) is 2.73. The van der Waals surface area contributed by atoms with E-state index < -0.39 is 0 Å².